The molecule has 0 radical (unpaired) electrons. The van der Waals surface area contributed by atoms with Crippen molar-refractivity contribution in [2.24, 2.45) is 0 Å². The second-order valence-electron chi connectivity index (χ2n) is 3.39. The molecule has 0 saturated carbocycles. The molecule has 0 fully saturated rings. The Morgan fingerprint density at radius 1 is 1.17 bits per heavy atom. The summed E-state index contributed by atoms with van der Waals surface area (Å²) in [6.45, 7) is -5.05. The van der Waals surface area contributed by atoms with Gasteiger partial charge in [-0.05, 0) is 18.2 Å². The summed E-state index contributed by atoms with van der Waals surface area (Å²) in [7, 11) is 0. The van der Waals surface area contributed by atoms with Gasteiger partial charge in [0.1, 0.15) is 0 Å². The molecule has 9 heteroatoms. The van der Waals surface area contributed by atoms with Gasteiger partial charge in [0.25, 0.3) is 0 Å². The van der Waals surface area contributed by atoms with E-state index in [9.17, 15) is 12.9 Å². The third-order valence-corrected chi connectivity index (χ3v) is 2.67. The number of benzene rings is 1. The largest absolute Gasteiger partial charge is 1.00 e. The monoisotopic (exact) mass is 318 g/mol. The zero-order valence-corrected chi connectivity index (χ0v) is 13.9. The average Bonchev–Trinajstić information content (AvgIpc) is 2.65. The standard InChI is InChI=1S/C9H5BCl2F3N2.K/c11-7-1-2-9(8(12)3-7)17-5-6(4-16-17)10(13,14)15;/h1-5H;/q-1;+1. The second-order valence-corrected chi connectivity index (χ2v) is 4.23. The molecule has 2 nitrogen and oxygen atoms in total. The first-order chi connectivity index (χ1) is 7.88. The van der Waals surface area contributed by atoms with Gasteiger partial charge in [-0.2, -0.15) is 5.10 Å². The van der Waals surface area contributed by atoms with E-state index in [4.69, 9.17) is 23.2 Å². The molecule has 1 aromatic heterocycles. The topological polar surface area (TPSA) is 17.8 Å². The average molecular weight is 319 g/mol. The Hall–Kier alpha value is 0.501. The van der Waals surface area contributed by atoms with E-state index in [0.29, 0.717) is 10.7 Å². The van der Waals surface area contributed by atoms with Crippen LogP contribution in [-0.2, 0) is 0 Å². The molecule has 0 aliphatic rings. The molecule has 0 unspecified atom stereocenters. The normalized spacial score (nSPS) is 11.2. The Labute approximate surface area is 154 Å². The molecule has 0 N–H and O–H groups in total. The van der Waals surface area contributed by atoms with E-state index in [1.165, 1.54) is 18.2 Å². The zero-order valence-electron chi connectivity index (χ0n) is 9.25. The molecule has 1 heterocycles. The van der Waals surface area contributed by atoms with E-state index >= 15 is 0 Å². The van der Waals surface area contributed by atoms with Gasteiger partial charge in [0.15, 0.2) is 0 Å². The van der Waals surface area contributed by atoms with Crippen LogP contribution in [0.3, 0.4) is 0 Å². The summed E-state index contributed by atoms with van der Waals surface area (Å²) in [6, 6.07) is 4.48. The van der Waals surface area contributed by atoms with Crippen molar-refractivity contribution in [1.82, 2.24) is 9.78 Å². The number of halogens is 5. The minimum atomic E-state index is -5.05. The molecule has 18 heavy (non-hydrogen) atoms. The molecular weight excluding hydrogens is 314 g/mol. The van der Waals surface area contributed by atoms with Gasteiger partial charge < -0.3 is 12.9 Å². The van der Waals surface area contributed by atoms with E-state index in [0.717, 1.165) is 17.1 Å². The fourth-order valence-electron chi connectivity index (χ4n) is 1.30. The van der Waals surface area contributed by atoms with E-state index < -0.39 is 12.4 Å². The third kappa shape index (κ3) is 3.75. The van der Waals surface area contributed by atoms with Gasteiger partial charge in [0.2, 0.25) is 0 Å². The van der Waals surface area contributed by atoms with E-state index in [1.54, 1.807) is 0 Å². The summed E-state index contributed by atoms with van der Waals surface area (Å²) in [5, 5.41) is 4.27. The Morgan fingerprint density at radius 2 is 1.83 bits per heavy atom. The van der Waals surface area contributed by atoms with Gasteiger partial charge in [-0.15, -0.1) is 0 Å². The van der Waals surface area contributed by atoms with Crippen LogP contribution in [0.15, 0.2) is 30.6 Å². The first-order valence-corrected chi connectivity index (χ1v) is 5.33. The minimum Gasteiger partial charge on any atom is -0.445 e. The van der Waals surface area contributed by atoms with Crippen molar-refractivity contribution >= 4 is 35.6 Å². The van der Waals surface area contributed by atoms with Crippen LogP contribution in [0.2, 0.25) is 10.0 Å². The van der Waals surface area contributed by atoms with Crippen molar-refractivity contribution in [3.63, 3.8) is 0 Å². The SMILES string of the molecule is F[B-](F)(F)c1cnn(-c2ccc(Cl)cc2Cl)c1.[K+]. The van der Waals surface area contributed by atoms with Crippen LogP contribution < -0.4 is 56.8 Å². The second kappa shape index (κ2) is 6.30. The zero-order chi connectivity index (χ0) is 12.6. The van der Waals surface area contributed by atoms with Crippen LogP contribution in [0.25, 0.3) is 5.69 Å². The summed E-state index contributed by atoms with van der Waals surface area (Å²) in [5.41, 5.74) is -0.418. The number of nitrogens with zero attached hydrogens (tertiary/aromatic N) is 2. The van der Waals surface area contributed by atoms with Crippen molar-refractivity contribution < 1.29 is 64.3 Å². The summed E-state index contributed by atoms with van der Waals surface area (Å²) in [6.07, 6.45) is 1.67. The predicted octanol–water partition coefficient (Wildman–Crippen LogP) is 0.238. The first-order valence-electron chi connectivity index (χ1n) is 4.58. The molecule has 0 atom stereocenters. The van der Waals surface area contributed by atoms with Gasteiger partial charge in [0, 0.05) is 17.4 Å². The summed E-state index contributed by atoms with van der Waals surface area (Å²) >= 11 is 11.6. The minimum absolute atomic E-state index is 0. The Morgan fingerprint density at radius 3 is 2.33 bits per heavy atom. The number of aromatic nitrogens is 2. The summed E-state index contributed by atoms with van der Waals surface area (Å²) < 4.78 is 38.4. The molecule has 0 saturated heterocycles. The number of hydrogen-bond acceptors (Lipinski definition) is 1. The predicted molar refractivity (Wildman–Crippen MR) is 62.3 cm³/mol. The number of rotatable bonds is 2. The van der Waals surface area contributed by atoms with Gasteiger partial charge in [-0.25, -0.2) is 4.68 Å². The maximum Gasteiger partial charge on any atom is 1.00 e. The summed E-state index contributed by atoms with van der Waals surface area (Å²) in [5.74, 6) is 0. The molecule has 2 rings (SSSR count). The van der Waals surface area contributed by atoms with Crippen LogP contribution in [0.4, 0.5) is 12.9 Å². The van der Waals surface area contributed by atoms with E-state index in [1.807, 2.05) is 0 Å². The Balaban J connectivity index is 0.00000162. The van der Waals surface area contributed by atoms with Crippen molar-refractivity contribution in [2.75, 3.05) is 0 Å². The van der Waals surface area contributed by atoms with Crippen molar-refractivity contribution in [3.05, 3.63) is 40.6 Å². The van der Waals surface area contributed by atoms with Crippen LogP contribution in [0, 0.1) is 0 Å². The Kier molecular flexibility index (Phi) is 5.80. The molecule has 0 aliphatic heterocycles. The van der Waals surface area contributed by atoms with Crippen LogP contribution in [0.5, 0.6) is 0 Å². The fourth-order valence-corrected chi connectivity index (χ4v) is 1.80. The fraction of sp³-hybridized carbons (Fsp3) is 0. The van der Waals surface area contributed by atoms with Crippen molar-refractivity contribution in [2.45, 2.75) is 0 Å². The number of hydrogen-bond donors (Lipinski definition) is 0. The quantitative estimate of drug-likeness (QED) is 0.725. The maximum atomic E-state index is 12.4. The van der Waals surface area contributed by atoms with Gasteiger partial charge in [0.05, 0.1) is 10.7 Å². The molecule has 0 aliphatic carbocycles. The summed E-state index contributed by atoms with van der Waals surface area (Å²) in [4.78, 5) is 0. The van der Waals surface area contributed by atoms with Gasteiger partial charge in [-0.3, -0.25) is 0 Å². The molecule has 0 bridgehead atoms. The molecule has 0 amide bonds. The van der Waals surface area contributed by atoms with Gasteiger partial charge >= 0.3 is 58.4 Å². The molecule has 1 aromatic carbocycles. The van der Waals surface area contributed by atoms with E-state index in [2.05, 4.69) is 5.10 Å². The van der Waals surface area contributed by atoms with Crippen LogP contribution in [-0.4, -0.2) is 16.8 Å². The van der Waals surface area contributed by atoms with Gasteiger partial charge in [-0.1, -0.05) is 28.7 Å². The van der Waals surface area contributed by atoms with Crippen LogP contribution >= 0.6 is 23.2 Å². The molecular formula is C9H5BCl2F3KN2. The molecule has 90 valence electrons. The first kappa shape index (κ1) is 16.6. The van der Waals surface area contributed by atoms with Crippen LogP contribution in [0.1, 0.15) is 0 Å². The van der Waals surface area contributed by atoms with E-state index in [-0.39, 0.29) is 56.4 Å². The van der Waals surface area contributed by atoms with Crippen molar-refractivity contribution in [1.29, 1.82) is 0 Å². The smallest absolute Gasteiger partial charge is 0.445 e. The molecule has 2 aromatic rings. The Bertz CT molecular complexity index is 559. The maximum absolute atomic E-state index is 12.4. The van der Waals surface area contributed by atoms with Crippen molar-refractivity contribution in [3.8, 4) is 5.69 Å². The molecule has 0 spiro atoms. The third-order valence-electron chi connectivity index (χ3n) is 2.14.